The minimum atomic E-state index is -0.690. The number of nitrogens with zero attached hydrogens (tertiary/aromatic N) is 5. The first-order valence-electron chi connectivity index (χ1n) is 10.9. The average molecular weight is 459 g/mol. The van der Waals surface area contributed by atoms with Gasteiger partial charge in [0.1, 0.15) is 29.8 Å². The fraction of sp³-hybridized carbons (Fsp3) is 0.200. The molecule has 1 fully saturated rings. The molecule has 1 aliphatic rings. The van der Waals surface area contributed by atoms with Crippen molar-refractivity contribution in [2.24, 2.45) is 0 Å². The van der Waals surface area contributed by atoms with Crippen molar-refractivity contribution < 1.29 is 17.9 Å². The molecule has 0 aliphatic carbocycles. The molecule has 2 aromatic carbocycles. The number of morpholine rings is 1. The van der Waals surface area contributed by atoms with Gasteiger partial charge in [0.25, 0.3) is 0 Å². The molecule has 0 saturated carbocycles. The van der Waals surface area contributed by atoms with E-state index in [4.69, 9.17) is 9.15 Å². The highest BCUT2D eigenvalue weighted by Crippen LogP contribution is 2.32. The SMILES string of the molecule is Fc1cc(F)c(-c2ncnc3cc(N4CCOCC4)ccc23)cc1Cc1ncnc2ccoc12. The molecule has 0 N–H and O–H groups in total. The Kier molecular flexibility index (Phi) is 5.10. The average Bonchev–Trinajstić information content (AvgIpc) is 3.36. The van der Waals surface area contributed by atoms with Gasteiger partial charge in [0.2, 0.25) is 0 Å². The molecule has 0 spiro atoms. The molecule has 0 radical (unpaired) electrons. The topological polar surface area (TPSA) is 77.2 Å². The zero-order chi connectivity index (χ0) is 23.1. The maximum Gasteiger partial charge on any atom is 0.174 e. The van der Waals surface area contributed by atoms with E-state index in [9.17, 15) is 8.78 Å². The molecule has 4 heterocycles. The molecule has 1 aliphatic heterocycles. The summed E-state index contributed by atoms with van der Waals surface area (Å²) in [4.78, 5) is 19.3. The summed E-state index contributed by atoms with van der Waals surface area (Å²) in [6.07, 6.45) is 4.43. The van der Waals surface area contributed by atoms with Gasteiger partial charge in [-0.1, -0.05) is 0 Å². The first-order chi connectivity index (χ1) is 16.7. The highest BCUT2D eigenvalue weighted by atomic mass is 19.1. The fourth-order valence-electron chi connectivity index (χ4n) is 4.33. The fourth-order valence-corrected chi connectivity index (χ4v) is 4.33. The Hall–Kier alpha value is -3.98. The molecule has 0 unspecified atom stereocenters. The third kappa shape index (κ3) is 3.63. The maximum absolute atomic E-state index is 15.0. The van der Waals surface area contributed by atoms with Gasteiger partial charge in [-0.2, -0.15) is 0 Å². The zero-order valence-electron chi connectivity index (χ0n) is 18.0. The van der Waals surface area contributed by atoms with E-state index in [-0.39, 0.29) is 17.5 Å². The Morgan fingerprint density at radius 2 is 1.68 bits per heavy atom. The standard InChI is InChI=1S/C25H19F2N5O2/c26-19-12-20(27)18(9-15(19)10-23-25-21(3-6-34-25)28-13-30-23)24-17-2-1-16(11-22(17)29-14-31-24)32-4-7-33-8-5-32/h1-3,6,9,11-14H,4-5,7-8,10H2. The van der Waals surface area contributed by atoms with Crippen molar-refractivity contribution in [1.82, 2.24) is 19.9 Å². The first kappa shape index (κ1) is 20.6. The number of hydrogen-bond donors (Lipinski definition) is 0. The van der Waals surface area contributed by atoms with Crippen LogP contribution in [0.4, 0.5) is 14.5 Å². The van der Waals surface area contributed by atoms with Gasteiger partial charge in [-0.15, -0.1) is 0 Å². The number of benzene rings is 2. The number of rotatable bonds is 4. The lowest BCUT2D eigenvalue weighted by Crippen LogP contribution is -2.36. The van der Waals surface area contributed by atoms with Crippen LogP contribution in [0.1, 0.15) is 11.3 Å². The van der Waals surface area contributed by atoms with Gasteiger partial charge in [0.05, 0.1) is 36.4 Å². The number of halogens is 2. The third-order valence-electron chi connectivity index (χ3n) is 6.06. The lowest BCUT2D eigenvalue weighted by molar-refractivity contribution is 0.122. The van der Waals surface area contributed by atoms with Crippen molar-refractivity contribution in [3.05, 3.63) is 78.2 Å². The van der Waals surface area contributed by atoms with Gasteiger partial charge in [-0.25, -0.2) is 28.7 Å². The van der Waals surface area contributed by atoms with Crippen molar-refractivity contribution in [3.8, 4) is 11.3 Å². The number of aromatic nitrogens is 4. The number of ether oxygens (including phenoxy) is 1. The smallest absolute Gasteiger partial charge is 0.174 e. The van der Waals surface area contributed by atoms with Crippen LogP contribution in [0, 0.1) is 11.6 Å². The molecule has 3 aromatic heterocycles. The van der Waals surface area contributed by atoms with Crippen LogP contribution in [0.5, 0.6) is 0 Å². The van der Waals surface area contributed by atoms with E-state index >= 15 is 0 Å². The highest BCUT2D eigenvalue weighted by Gasteiger charge is 2.19. The Morgan fingerprint density at radius 3 is 2.56 bits per heavy atom. The van der Waals surface area contributed by atoms with Crippen molar-refractivity contribution in [1.29, 1.82) is 0 Å². The van der Waals surface area contributed by atoms with Crippen LogP contribution in [0.25, 0.3) is 33.3 Å². The summed E-state index contributed by atoms with van der Waals surface area (Å²) in [5.74, 6) is -1.35. The Balaban J connectivity index is 1.42. The molecule has 9 heteroatoms. The van der Waals surface area contributed by atoms with Crippen molar-refractivity contribution >= 4 is 27.7 Å². The Morgan fingerprint density at radius 1 is 0.853 bits per heavy atom. The first-order valence-corrected chi connectivity index (χ1v) is 10.9. The highest BCUT2D eigenvalue weighted by molar-refractivity contribution is 5.94. The van der Waals surface area contributed by atoms with Gasteiger partial charge in [-0.05, 0) is 29.8 Å². The van der Waals surface area contributed by atoms with Gasteiger partial charge in [0, 0.05) is 48.3 Å². The van der Waals surface area contributed by atoms with E-state index in [2.05, 4.69) is 24.8 Å². The molecule has 5 aromatic rings. The second kappa shape index (κ2) is 8.42. The lowest BCUT2D eigenvalue weighted by atomic mass is 10.00. The summed E-state index contributed by atoms with van der Waals surface area (Å²) >= 11 is 0. The maximum atomic E-state index is 15.0. The van der Waals surface area contributed by atoms with Crippen LogP contribution >= 0.6 is 0 Å². The van der Waals surface area contributed by atoms with E-state index in [1.807, 2.05) is 18.2 Å². The monoisotopic (exact) mass is 459 g/mol. The lowest BCUT2D eigenvalue weighted by Gasteiger charge is -2.29. The van der Waals surface area contributed by atoms with Crippen LogP contribution in [-0.4, -0.2) is 46.2 Å². The van der Waals surface area contributed by atoms with Gasteiger partial charge < -0.3 is 14.1 Å². The molecule has 6 rings (SSSR count). The van der Waals surface area contributed by atoms with E-state index in [1.165, 1.54) is 25.0 Å². The zero-order valence-corrected chi connectivity index (χ0v) is 18.0. The van der Waals surface area contributed by atoms with Crippen LogP contribution in [-0.2, 0) is 11.2 Å². The molecule has 1 saturated heterocycles. The van der Waals surface area contributed by atoms with Gasteiger partial charge in [0.15, 0.2) is 5.58 Å². The van der Waals surface area contributed by atoms with Crippen LogP contribution in [0.3, 0.4) is 0 Å². The number of anilines is 1. The van der Waals surface area contributed by atoms with Crippen LogP contribution in [0.2, 0.25) is 0 Å². The Labute approximate surface area is 193 Å². The predicted molar refractivity (Wildman–Crippen MR) is 123 cm³/mol. The predicted octanol–water partition coefficient (Wildman–Crippen LogP) is 4.54. The summed E-state index contributed by atoms with van der Waals surface area (Å²) < 4.78 is 40.7. The van der Waals surface area contributed by atoms with Gasteiger partial charge >= 0.3 is 0 Å². The summed E-state index contributed by atoms with van der Waals surface area (Å²) in [6.45, 7) is 2.94. The third-order valence-corrected chi connectivity index (χ3v) is 6.06. The van der Waals surface area contributed by atoms with Crippen molar-refractivity contribution in [2.45, 2.75) is 6.42 Å². The molecule has 0 bridgehead atoms. The summed E-state index contributed by atoms with van der Waals surface area (Å²) in [7, 11) is 0. The molecular weight excluding hydrogens is 440 g/mol. The van der Waals surface area contributed by atoms with E-state index < -0.39 is 11.6 Å². The molecule has 170 valence electrons. The van der Waals surface area contributed by atoms with E-state index in [0.717, 1.165) is 24.8 Å². The Bertz CT molecular complexity index is 1510. The molecule has 0 amide bonds. The number of hydrogen-bond acceptors (Lipinski definition) is 7. The second-order valence-corrected chi connectivity index (χ2v) is 8.08. The second-order valence-electron chi connectivity index (χ2n) is 8.08. The normalized spacial score (nSPS) is 14.2. The molecule has 34 heavy (non-hydrogen) atoms. The molecular formula is C25H19F2N5O2. The van der Waals surface area contributed by atoms with E-state index in [1.54, 1.807) is 6.07 Å². The summed E-state index contributed by atoms with van der Waals surface area (Å²) in [6, 6.07) is 9.90. The van der Waals surface area contributed by atoms with Crippen LogP contribution < -0.4 is 4.90 Å². The van der Waals surface area contributed by atoms with E-state index in [0.29, 0.717) is 46.6 Å². The number of furan rings is 1. The minimum Gasteiger partial charge on any atom is -0.461 e. The summed E-state index contributed by atoms with van der Waals surface area (Å²) in [5, 5.41) is 0.687. The van der Waals surface area contributed by atoms with Crippen LogP contribution in [0.15, 0.2) is 59.7 Å². The van der Waals surface area contributed by atoms with Gasteiger partial charge in [-0.3, -0.25) is 0 Å². The molecule has 7 nitrogen and oxygen atoms in total. The number of fused-ring (bicyclic) bond motifs is 2. The summed E-state index contributed by atoms with van der Waals surface area (Å²) in [5.41, 5.74) is 4.23. The minimum absolute atomic E-state index is 0.121. The quantitative estimate of drug-likeness (QED) is 0.391. The van der Waals surface area contributed by atoms with Crippen molar-refractivity contribution in [3.63, 3.8) is 0 Å². The van der Waals surface area contributed by atoms with Crippen molar-refractivity contribution in [2.75, 3.05) is 31.2 Å². The largest absolute Gasteiger partial charge is 0.461 e. The molecule has 0 atom stereocenters.